The molecule has 0 aromatic rings. The zero-order valence-corrected chi connectivity index (χ0v) is 23.4. The van der Waals surface area contributed by atoms with Crippen LogP contribution in [0.15, 0.2) is 0 Å². The molecule has 11 heteroatoms. The van der Waals surface area contributed by atoms with Crippen molar-refractivity contribution in [3.05, 3.63) is 0 Å². The second-order valence-corrected chi connectivity index (χ2v) is 11.4. The predicted molar refractivity (Wildman–Crippen MR) is 146 cm³/mol. The molecular weight excluding hydrogens is 487 g/mol. The first-order chi connectivity index (χ1) is 16.8. The van der Waals surface area contributed by atoms with Gasteiger partial charge in [-0.15, -0.1) is 0 Å². The van der Waals surface area contributed by atoms with Crippen molar-refractivity contribution in [2.45, 2.75) is 56.9 Å². The number of Topliss-reactive ketones (excluding diaryl/α,β-unsaturated/α-hetero) is 2. The molecular formula is C24H43BN2O6S2. The van der Waals surface area contributed by atoms with Gasteiger partial charge in [-0.25, -0.2) is 0 Å². The summed E-state index contributed by atoms with van der Waals surface area (Å²) < 4.78 is 10.3. The van der Waals surface area contributed by atoms with Crippen LogP contribution in [0.25, 0.3) is 0 Å². The van der Waals surface area contributed by atoms with Gasteiger partial charge in [-0.05, 0) is 20.9 Å². The molecule has 0 heterocycles. The van der Waals surface area contributed by atoms with Gasteiger partial charge in [0.25, 0.3) is 0 Å². The van der Waals surface area contributed by atoms with Crippen molar-refractivity contribution < 1.29 is 28.7 Å². The summed E-state index contributed by atoms with van der Waals surface area (Å²) in [4.78, 5) is 48.3. The highest BCUT2D eigenvalue weighted by atomic mass is 32.2. The Labute approximate surface area is 219 Å². The Hall–Kier alpha value is -0.875. The summed E-state index contributed by atoms with van der Waals surface area (Å²) in [5.74, 6) is 0.977. The van der Waals surface area contributed by atoms with Crippen LogP contribution in [0, 0.1) is 11.8 Å². The summed E-state index contributed by atoms with van der Waals surface area (Å²) in [6.07, 6.45) is 4.19. The fraction of sp³-hybridized carbons (Fsp3) is 0.833. The van der Waals surface area contributed by atoms with E-state index in [4.69, 9.17) is 9.47 Å². The second-order valence-electron chi connectivity index (χ2n) is 8.87. The number of unbranched alkanes of at least 4 members (excludes halogenated alkanes) is 2. The van der Waals surface area contributed by atoms with Crippen molar-refractivity contribution in [1.29, 1.82) is 0 Å². The van der Waals surface area contributed by atoms with Crippen LogP contribution in [-0.4, -0.2) is 99.0 Å². The molecule has 1 rings (SSSR count). The van der Waals surface area contributed by atoms with E-state index in [9.17, 15) is 19.2 Å². The quantitative estimate of drug-likeness (QED) is 0.159. The van der Waals surface area contributed by atoms with Crippen LogP contribution in [0.5, 0.6) is 0 Å². The molecule has 2 N–H and O–H groups in total. The first-order valence-electron chi connectivity index (χ1n) is 12.7. The molecule has 4 atom stereocenters. The maximum atomic E-state index is 13.1. The zero-order chi connectivity index (χ0) is 26.1. The molecule has 1 aliphatic carbocycles. The van der Waals surface area contributed by atoms with Crippen molar-refractivity contribution >= 4 is 54.0 Å². The van der Waals surface area contributed by atoms with E-state index in [1.165, 1.54) is 6.92 Å². The monoisotopic (exact) mass is 530 g/mol. The largest absolute Gasteiger partial charge is 0.371 e. The number of ether oxygens (including phenoxy) is 2. The van der Waals surface area contributed by atoms with Crippen molar-refractivity contribution in [3.8, 4) is 0 Å². The summed E-state index contributed by atoms with van der Waals surface area (Å²) in [6.45, 7) is 7.04. The number of thioether (sulfide) groups is 2. The van der Waals surface area contributed by atoms with E-state index in [2.05, 4.69) is 17.6 Å². The van der Waals surface area contributed by atoms with Gasteiger partial charge < -0.3 is 24.9 Å². The number of carbonyl (C=O) groups is 4. The third-order valence-electron chi connectivity index (χ3n) is 5.84. The molecule has 1 aliphatic rings. The van der Waals surface area contributed by atoms with Gasteiger partial charge in [0, 0.05) is 46.9 Å². The van der Waals surface area contributed by atoms with Crippen LogP contribution >= 0.6 is 23.5 Å². The molecule has 4 unspecified atom stereocenters. The van der Waals surface area contributed by atoms with E-state index in [0.29, 0.717) is 19.6 Å². The molecule has 8 nitrogen and oxygen atoms in total. The van der Waals surface area contributed by atoms with E-state index in [0.717, 1.165) is 37.9 Å². The Morgan fingerprint density at radius 3 is 2.11 bits per heavy atom. The van der Waals surface area contributed by atoms with Gasteiger partial charge >= 0.3 is 0 Å². The van der Waals surface area contributed by atoms with Crippen LogP contribution in [0.1, 0.15) is 40.0 Å². The number of amides is 1. The topological polar surface area (TPSA) is 111 Å². The highest BCUT2D eigenvalue weighted by Gasteiger charge is 2.55. The molecule has 1 amide bonds. The van der Waals surface area contributed by atoms with Crippen LogP contribution < -0.4 is 10.6 Å². The van der Waals surface area contributed by atoms with Crippen molar-refractivity contribution in [2.24, 2.45) is 11.8 Å². The van der Waals surface area contributed by atoms with E-state index < -0.39 is 0 Å². The van der Waals surface area contributed by atoms with Crippen molar-refractivity contribution in [1.82, 2.24) is 10.6 Å². The lowest BCUT2D eigenvalue weighted by Crippen LogP contribution is -2.59. The van der Waals surface area contributed by atoms with E-state index in [1.807, 2.05) is 7.05 Å². The Balaban J connectivity index is 2.49. The molecule has 0 aromatic carbocycles. The van der Waals surface area contributed by atoms with E-state index >= 15 is 0 Å². The molecule has 0 saturated heterocycles. The summed E-state index contributed by atoms with van der Waals surface area (Å²) in [5, 5.41) is 6.20. The van der Waals surface area contributed by atoms with E-state index in [1.54, 1.807) is 30.4 Å². The normalized spacial score (nSPS) is 21.3. The molecule has 1 saturated carbocycles. The van der Waals surface area contributed by atoms with Gasteiger partial charge in [-0.3, -0.25) is 14.4 Å². The average Bonchev–Trinajstić information content (AvgIpc) is 2.79. The molecule has 0 radical (unpaired) electrons. The van der Waals surface area contributed by atoms with Crippen LogP contribution in [0.2, 0.25) is 6.32 Å². The average molecular weight is 531 g/mol. The number of carbonyl (C=O) groups excluding carboxylic acids is 4. The fourth-order valence-electron chi connectivity index (χ4n) is 4.06. The Bertz CT molecular complexity index is 670. The third-order valence-corrected chi connectivity index (χ3v) is 8.84. The molecule has 0 bridgehead atoms. The third kappa shape index (κ3) is 12.8. The molecule has 0 aliphatic heterocycles. The minimum absolute atomic E-state index is 0.0505. The van der Waals surface area contributed by atoms with Gasteiger partial charge in [0.1, 0.15) is 19.0 Å². The molecule has 0 aromatic heterocycles. The van der Waals surface area contributed by atoms with E-state index in [-0.39, 0.29) is 71.9 Å². The first-order valence-corrected chi connectivity index (χ1v) is 14.8. The lowest BCUT2D eigenvalue weighted by atomic mass is 9.55. The minimum atomic E-state index is -0.222. The summed E-state index contributed by atoms with van der Waals surface area (Å²) in [5.41, 5.74) is 0.216. The Kier molecular flexibility index (Phi) is 17.7. The first kappa shape index (κ1) is 32.2. The molecule has 35 heavy (non-hydrogen) atoms. The maximum absolute atomic E-state index is 13.1. The highest BCUT2D eigenvalue weighted by molar-refractivity contribution is 8.04. The lowest BCUT2D eigenvalue weighted by molar-refractivity contribution is -0.131. The summed E-state index contributed by atoms with van der Waals surface area (Å²) in [7, 11) is 2.45. The molecule has 0 spiro atoms. The number of ketones is 2. The minimum Gasteiger partial charge on any atom is -0.371 e. The van der Waals surface area contributed by atoms with Gasteiger partial charge in [0.15, 0.2) is 5.78 Å². The zero-order valence-electron chi connectivity index (χ0n) is 21.8. The number of nitrogens with one attached hydrogen (secondary N) is 2. The van der Waals surface area contributed by atoms with Gasteiger partial charge in [-0.1, -0.05) is 32.5 Å². The number of rotatable bonds is 22. The lowest BCUT2D eigenvalue weighted by Gasteiger charge is -2.50. The smallest absolute Gasteiger partial charge is 0.246 e. The number of hydrogen-bond donors (Lipinski definition) is 2. The Morgan fingerprint density at radius 1 is 0.886 bits per heavy atom. The van der Waals surface area contributed by atoms with Crippen LogP contribution in [0.4, 0.5) is 0 Å². The van der Waals surface area contributed by atoms with Gasteiger partial charge in [0.05, 0.1) is 18.9 Å². The number of hydrogen-bond acceptors (Lipinski definition) is 9. The summed E-state index contributed by atoms with van der Waals surface area (Å²) >= 11 is 3.46. The SMILES string of the molecule is CCCCCBC(=O)C1C(SCCNC(=O)COCCOCC(C)=O)C(SCCNC)C1C(C)=O. The standard InChI is InChI=1S/C24H43BN2O6S2/c1-5-6-7-8-25-24(31)21-20(18(3)29)22(34-13-9-26-4)23(21)35-14-10-27-19(30)16-33-12-11-32-15-17(2)28/h20-23,25-26H,5-16H2,1-4H3,(H,27,30). The second kappa shape index (κ2) is 19.3. The highest BCUT2D eigenvalue weighted by Crippen LogP contribution is 2.50. The fourth-order valence-corrected chi connectivity index (χ4v) is 7.43. The van der Waals surface area contributed by atoms with Crippen LogP contribution in [-0.2, 0) is 28.7 Å². The van der Waals surface area contributed by atoms with Gasteiger partial charge in [0.2, 0.25) is 13.2 Å². The molecule has 1 fully saturated rings. The predicted octanol–water partition coefficient (Wildman–Crippen LogP) is 1.55. The van der Waals surface area contributed by atoms with Crippen molar-refractivity contribution in [3.63, 3.8) is 0 Å². The maximum Gasteiger partial charge on any atom is 0.246 e. The summed E-state index contributed by atoms with van der Waals surface area (Å²) in [6, 6.07) is 0. The molecule has 200 valence electrons. The van der Waals surface area contributed by atoms with Gasteiger partial charge in [-0.2, -0.15) is 23.5 Å². The Morgan fingerprint density at radius 2 is 1.51 bits per heavy atom. The van der Waals surface area contributed by atoms with Crippen LogP contribution in [0.3, 0.4) is 0 Å². The van der Waals surface area contributed by atoms with Crippen molar-refractivity contribution in [2.75, 3.05) is 58.1 Å².